The van der Waals surface area contributed by atoms with E-state index in [0.29, 0.717) is 23.1 Å². The van der Waals surface area contributed by atoms with E-state index in [2.05, 4.69) is 12.2 Å². The number of anilines is 1. The topological polar surface area (TPSA) is 46.6 Å². The fourth-order valence-electron chi connectivity index (χ4n) is 4.62. The fraction of sp³-hybridized carbons (Fsp3) is 0.273. The van der Waals surface area contributed by atoms with Crippen LogP contribution in [0.3, 0.4) is 0 Å². The molecule has 5 heteroatoms. The van der Waals surface area contributed by atoms with E-state index in [1.807, 2.05) is 24.3 Å². The largest absolute Gasteiger partial charge is 0.489 e. The van der Waals surface area contributed by atoms with E-state index in [9.17, 15) is 9.59 Å². The standard InChI is InChI=1S/C22H18ClNO3/c23-18-4-2-1-3-15(18)12-27-17-9-7-16(8-10-17)24-21(25)19-13-5-6-14(11-13)20(19)22(24)26/h1-10,13-14,19-20H,11-12H2/t13-,14-,19-,20-/m0/s1. The Kier molecular flexibility index (Phi) is 3.83. The number of nitrogens with zero attached hydrogens (tertiary/aromatic N) is 1. The van der Waals surface area contributed by atoms with Crippen LogP contribution in [-0.2, 0) is 16.2 Å². The molecule has 1 heterocycles. The molecule has 2 aliphatic carbocycles. The van der Waals surface area contributed by atoms with Gasteiger partial charge in [-0.15, -0.1) is 0 Å². The third-order valence-electron chi connectivity index (χ3n) is 5.92. The molecule has 2 aromatic rings. The van der Waals surface area contributed by atoms with Gasteiger partial charge in [-0.05, 0) is 48.6 Å². The number of carbonyl (C=O) groups excluding carboxylic acids is 2. The van der Waals surface area contributed by atoms with E-state index < -0.39 is 0 Å². The number of carbonyl (C=O) groups is 2. The van der Waals surface area contributed by atoms with Gasteiger partial charge in [0.2, 0.25) is 11.8 Å². The van der Waals surface area contributed by atoms with E-state index in [1.165, 1.54) is 4.90 Å². The van der Waals surface area contributed by atoms with E-state index in [4.69, 9.17) is 16.3 Å². The Hall–Kier alpha value is -2.59. The van der Waals surface area contributed by atoms with Crippen molar-refractivity contribution in [3.8, 4) is 5.75 Å². The first kappa shape index (κ1) is 16.6. The van der Waals surface area contributed by atoms with E-state index >= 15 is 0 Å². The molecule has 0 radical (unpaired) electrons. The average molecular weight is 380 g/mol. The molecule has 2 amide bonds. The zero-order valence-electron chi connectivity index (χ0n) is 14.5. The van der Waals surface area contributed by atoms with E-state index in [-0.39, 0.29) is 35.5 Å². The smallest absolute Gasteiger partial charge is 0.238 e. The van der Waals surface area contributed by atoms with Gasteiger partial charge in [-0.1, -0.05) is 42.0 Å². The second-order valence-electron chi connectivity index (χ2n) is 7.39. The lowest BCUT2D eigenvalue weighted by molar-refractivity contribution is -0.123. The fourth-order valence-corrected chi connectivity index (χ4v) is 4.82. The monoisotopic (exact) mass is 379 g/mol. The summed E-state index contributed by atoms with van der Waals surface area (Å²) in [5, 5.41) is 0.664. The molecular formula is C22H18ClNO3. The van der Waals surface area contributed by atoms with Crippen LogP contribution in [0.15, 0.2) is 60.7 Å². The molecule has 2 aromatic carbocycles. The highest BCUT2D eigenvalue weighted by Gasteiger charge is 2.59. The molecule has 3 aliphatic rings. The minimum Gasteiger partial charge on any atom is -0.489 e. The van der Waals surface area contributed by atoms with Crippen molar-refractivity contribution in [3.63, 3.8) is 0 Å². The van der Waals surface area contributed by atoms with Crippen molar-refractivity contribution >= 4 is 29.1 Å². The van der Waals surface area contributed by atoms with Crippen LogP contribution in [0.25, 0.3) is 0 Å². The van der Waals surface area contributed by atoms with Gasteiger partial charge < -0.3 is 4.74 Å². The van der Waals surface area contributed by atoms with Gasteiger partial charge in [-0.3, -0.25) is 14.5 Å². The van der Waals surface area contributed by atoms with Crippen LogP contribution in [-0.4, -0.2) is 11.8 Å². The molecule has 27 heavy (non-hydrogen) atoms. The summed E-state index contributed by atoms with van der Waals surface area (Å²) < 4.78 is 5.78. The quantitative estimate of drug-likeness (QED) is 0.590. The number of halogens is 1. The van der Waals surface area contributed by atoms with Gasteiger partial charge in [-0.25, -0.2) is 0 Å². The normalized spacial score (nSPS) is 28.1. The third kappa shape index (κ3) is 2.59. The highest BCUT2D eigenvalue weighted by atomic mass is 35.5. The summed E-state index contributed by atoms with van der Waals surface area (Å²) >= 11 is 6.14. The zero-order chi connectivity index (χ0) is 18.5. The zero-order valence-corrected chi connectivity index (χ0v) is 15.3. The van der Waals surface area contributed by atoms with Crippen LogP contribution in [0.1, 0.15) is 12.0 Å². The molecule has 0 N–H and O–H groups in total. The molecule has 5 rings (SSSR count). The van der Waals surface area contributed by atoms with Gasteiger partial charge >= 0.3 is 0 Å². The maximum atomic E-state index is 12.8. The predicted molar refractivity (Wildman–Crippen MR) is 102 cm³/mol. The van der Waals surface area contributed by atoms with Crippen LogP contribution >= 0.6 is 11.6 Å². The highest BCUT2D eigenvalue weighted by molar-refractivity contribution is 6.31. The molecule has 1 saturated heterocycles. The van der Waals surface area contributed by atoms with Crippen LogP contribution in [0, 0.1) is 23.7 Å². The Bertz CT molecular complexity index is 922. The van der Waals surface area contributed by atoms with Crippen LogP contribution in [0.4, 0.5) is 5.69 Å². The number of rotatable bonds is 4. The molecule has 0 unspecified atom stereocenters. The first-order chi connectivity index (χ1) is 13.1. The first-order valence-corrected chi connectivity index (χ1v) is 9.53. The summed E-state index contributed by atoms with van der Waals surface area (Å²) in [6.45, 7) is 0.361. The molecular weight excluding hydrogens is 362 g/mol. The number of ether oxygens (including phenoxy) is 1. The summed E-state index contributed by atoms with van der Waals surface area (Å²) in [7, 11) is 0. The second-order valence-corrected chi connectivity index (χ2v) is 7.79. The first-order valence-electron chi connectivity index (χ1n) is 9.16. The molecule has 1 saturated carbocycles. The van der Waals surface area contributed by atoms with Gasteiger partial charge in [0, 0.05) is 10.6 Å². The summed E-state index contributed by atoms with van der Waals surface area (Å²) in [5.41, 5.74) is 1.52. The summed E-state index contributed by atoms with van der Waals surface area (Å²) in [6.07, 6.45) is 5.15. The van der Waals surface area contributed by atoms with Gasteiger partial charge in [0.05, 0.1) is 17.5 Å². The summed E-state index contributed by atoms with van der Waals surface area (Å²) in [6, 6.07) is 14.6. The number of hydrogen-bond acceptors (Lipinski definition) is 3. The molecule has 2 bridgehead atoms. The van der Waals surface area contributed by atoms with Crippen LogP contribution in [0.2, 0.25) is 5.02 Å². The van der Waals surface area contributed by atoms with Crippen molar-refractivity contribution in [3.05, 3.63) is 71.3 Å². The number of fused-ring (bicyclic) bond motifs is 5. The Balaban J connectivity index is 1.32. The predicted octanol–water partition coefficient (Wildman–Crippen LogP) is 4.23. The maximum Gasteiger partial charge on any atom is 0.238 e. The second kappa shape index (κ2) is 6.24. The Morgan fingerprint density at radius 2 is 1.56 bits per heavy atom. The minimum atomic E-state index is -0.177. The molecule has 0 spiro atoms. The lowest BCUT2D eigenvalue weighted by atomic mass is 9.85. The molecule has 136 valence electrons. The Morgan fingerprint density at radius 1 is 0.926 bits per heavy atom. The van der Waals surface area contributed by atoms with Crippen molar-refractivity contribution < 1.29 is 14.3 Å². The number of hydrogen-bond donors (Lipinski definition) is 0. The average Bonchev–Trinajstić information content (AvgIpc) is 3.36. The lowest BCUT2D eigenvalue weighted by Gasteiger charge is -2.17. The molecule has 0 aromatic heterocycles. The van der Waals surface area contributed by atoms with Crippen LogP contribution < -0.4 is 9.64 Å². The summed E-state index contributed by atoms with van der Waals surface area (Å²) in [4.78, 5) is 27.1. The molecule has 4 atom stereocenters. The van der Waals surface area contributed by atoms with Crippen molar-refractivity contribution in [1.29, 1.82) is 0 Å². The van der Waals surface area contributed by atoms with Crippen molar-refractivity contribution in [2.24, 2.45) is 23.7 Å². The third-order valence-corrected chi connectivity index (χ3v) is 6.29. The minimum absolute atomic E-state index is 0.0633. The molecule has 4 nitrogen and oxygen atoms in total. The number of imide groups is 1. The van der Waals surface area contributed by atoms with Gasteiger partial charge in [0.15, 0.2) is 0 Å². The van der Waals surface area contributed by atoms with Crippen molar-refractivity contribution in [2.75, 3.05) is 4.90 Å². The van der Waals surface area contributed by atoms with Crippen molar-refractivity contribution in [2.45, 2.75) is 13.0 Å². The van der Waals surface area contributed by atoms with Crippen molar-refractivity contribution in [1.82, 2.24) is 0 Å². The van der Waals surface area contributed by atoms with E-state index in [0.717, 1.165) is 12.0 Å². The number of amides is 2. The number of allylic oxidation sites excluding steroid dienone is 2. The number of benzene rings is 2. The SMILES string of the molecule is O=C1[C@@H]2[C@@H](C(=O)N1c1ccc(OCc3ccccc3Cl)cc1)[C@H]1C=C[C@H]2C1. The van der Waals surface area contributed by atoms with Crippen LogP contribution in [0.5, 0.6) is 5.75 Å². The molecule has 2 fully saturated rings. The summed E-state index contributed by atoms with van der Waals surface area (Å²) in [5.74, 6) is 0.629. The Labute approximate surface area is 162 Å². The van der Waals surface area contributed by atoms with Gasteiger partial charge in [0.25, 0.3) is 0 Å². The molecule has 1 aliphatic heterocycles. The lowest BCUT2D eigenvalue weighted by Crippen LogP contribution is -2.32. The van der Waals surface area contributed by atoms with E-state index in [1.54, 1.807) is 24.3 Å². The highest BCUT2D eigenvalue weighted by Crippen LogP contribution is 2.53. The Morgan fingerprint density at radius 3 is 2.19 bits per heavy atom. The van der Waals surface area contributed by atoms with Gasteiger partial charge in [-0.2, -0.15) is 0 Å². The maximum absolute atomic E-state index is 12.8. The van der Waals surface area contributed by atoms with Gasteiger partial charge in [0.1, 0.15) is 12.4 Å².